The SMILES string of the molecule is C=C(C)CNC(=NCC(=O)N(C)C)N1CCCC(CC(N)=O)C1. The van der Waals surface area contributed by atoms with Gasteiger partial charge in [0.2, 0.25) is 11.8 Å². The second-order valence-electron chi connectivity index (χ2n) is 6.36. The summed E-state index contributed by atoms with van der Waals surface area (Å²) in [7, 11) is 3.42. The van der Waals surface area contributed by atoms with Crippen LogP contribution in [0.15, 0.2) is 17.1 Å². The fourth-order valence-electron chi connectivity index (χ4n) is 2.49. The van der Waals surface area contributed by atoms with Crippen LogP contribution in [0.1, 0.15) is 26.2 Å². The van der Waals surface area contributed by atoms with E-state index in [0.717, 1.165) is 31.5 Å². The molecule has 1 rings (SSSR count). The van der Waals surface area contributed by atoms with Crippen LogP contribution in [-0.2, 0) is 9.59 Å². The van der Waals surface area contributed by atoms with Crippen molar-refractivity contribution in [3.05, 3.63) is 12.2 Å². The van der Waals surface area contributed by atoms with Gasteiger partial charge in [-0.25, -0.2) is 4.99 Å². The number of carbonyl (C=O) groups is 2. The molecule has 1 saturated heterocycles. The number of guanidine groups is 1. The summed E-state index contributed by atoms with van der Waals surface area (Å²) >= 11 is 0. The highest BCUT2D eigenvalue weighted by Gasteiger charge is 2.23. The van der Waals surface area contributed by atoms with Crippen LogP contribution >= 0.6 is 0 Å². The first-order valence-corrected chi connectivity index (χ1v) is 7.95. The number of hydrogen-bond donors (Lipinski definition) is 2. The Morgan fingerprint density at radius 1 is 1.43 bits per heavy atom. The Hall–Kier alpha value is -2.05. The summed E-state index contributed by atoms with van der Waals surface area (Å²) in [5, 5.41) is 3.25. The van der Waals surface area contributed by atoms with Crippen LogP contribution in [0.4, 0.5) is 0 Å². The van der Waals surface area contributed by atoms with Crippen LogP contribution < -0.4 is 11.1 Å². The van der Waals surface area contributed by atoms with Crippen molar-refractivity contribution in [2.24, 2.45) is 16.6 Å². The molecule has 0 bridgehead atoms. The van der Waals surface area contributed by atoms with Crippen LogP contribution in [0, 0.1) is 5.92 Å². The third-order valence-electron chi connectivity index (χ3n) is 3.72. The molecule has 3 N–H and O–H groups in total. The maximum Gasteiger partial charge on any atom is 0.243 e. The fraction of sp³-hybridized carbons (Fsp3) is 0.688. The molecule has 1 atom stereocenters. The number of aliphatic imine (C=N–C) groups is 1. The van der Waals surface area contributed by atoms with Crippen molar-refractivity contribution >= 4 is 17.8 Å². The van der Waals surface area contributed by atoms with Crippen LogP contribution in [0.3, 0.4) is 0 Å². The quantitative estimate of drug-likeness (QED) is 0.414. The largest absolute Gasteiger partial charge is 0.370 e. The van der Waals surface area contributed by atoms with E-state index in [-0.39, 0.29) is 24.3 Å². The topological polar surface area (TPSA) is 91.0 Å². The number of likely N-dealkylation sites (tertiary alicyclic amines) is 1. The Morgan fingerprint density at radius 3 is 2.70 bits per heavy atom. The van der Waals surface area contributed by atoms with E-state index in [9.17, 15) is 9.59 Å². The van der Waals surface area contributed by atoms with E-state index < -0.39 is 0 Å². The van der Waals surface area contributed by atoms with Gasteiger partial charge < -0.3 is 20.9 Å². The minimum absolute atomic E-state index is 0.0506. The Balaban J connectivity index is 2.76. The Labute approximate surface area is 138 Å². The first kappa shape index (κ1) is 19.0. The molecule has 23 heavy (non-hydrogen) atoms. The third kappa shape index (κ3) is 7.17. The number of nitrogens with zero attached hydrogens (tertiary/aromatic N) is 3. The van der Waals surface area contributed by atoms with E-state index in [4.69, 9.17) is 5.73 Å². The normalized spacial score (nSPS) is 18.5. The van der Waals surface area contributed by atoms with E-state index in [1.165, 1.54) is 4.90 Å². The summed E-state index contributed by atoms with van der Waals surface area (Å²) in [5.41, 5.74) is 6.30. The van der Waals surface area contributed by atoms with Gasteiger partial charge in [0, 0.05) is 40.2 Å². The van der Waals surface area contributed by atoms with Crippen LogP contribution in [0.5, 0.6) is 0 Å². The van der Waals surface area contributed by atoms with Gasteiger partial charge in [0.15, 0.2) is 5.96 Å². The van der Waals surface area contributed by atoms with E-state index in [1.54, 1.807) is 14.1 Å². The smallest absolute Gasteiger partial charge is 0.243 e. The van der Waals surface area contributed by atoms with E-state index >= 15 is 0 Å². The molecule has 0 aliphatic carbocycles. The first-order valence-electron chi connectivity index (χ1n) is 7.95. The number of rotatable bonds is 6. The van der Waals surface area contributed by atoms with Gasteiger partial charge in [-0.15, -0.1) is 0 Å². The zero-order valence-corrected chi connectivity index (χ0v) is 14.5. The maximum absolute atomic E-state index is 11.8. The molecule has 2 amide bonds. The van der Waals surface area contributed by atoms with Gasteiger partial charge in [0.05, 0.1) is 0 Å². The monoisotopic (exact) mass is 323 g/mol. The summed E-state index contributed by atoms with van der Waals surface area (Å²) in [5.74, 6) is 0.610. The number of amides is 2. The molecule has 1 heterocycles. The molecule has 0 spiro atoms. The number of nitrogens with one attached hydrogen (secondary N) is 1. The predicted molar refractivity (Wildman–Crippen MR) is 91.9 cm³/mol. The van der Waals surface area contributed by atoms with Crippen molar-refractivity contribution in [1.82, 2.24) is 15.1 Å². The van der Waals surface area contributed by atoms with Gasteiger partial charge in [-0.2, -0.15) is 0 Å². The average molecular weight is 323 g/mol. The lowest BCUT2D eigenvalue weighted by molar-refractivity contribution is -0.127. The van der Waals surface area contributed by atoms with Crippen molar-refractivity contribution in [2.75, 3.05) is 40.3 Å². The van der Waals surface area contributed by atoms with Crippen molar-refractivity contribution in [2.45, 2.75) is 26.2 Å². The Bertz CT molecular complexity index is 473. The molecule has 7 heteroatoms. The lowest BCUT2D eigenvalue weighted by Crippen LogP contribution is -2.48. The van der Waals surface area contributed by atoms with Crippen molar-refractivity contribution in [3.63, 3.8) is 0 Å². The molecule has 0 aromatic rings. The van der Waals surface area contributed by atoms with Gasteiger partial charge in [0.1, 0.15) is 6.54 Å². The summed E-state index contributed by atoms with van der Waals surface area (Å²) in [4.78, 5) is 31.0. The second-order valence-corrected chi connectivity index (χ2v) is 6.36. The molecule has 0 aromatic heterocycles. The van der Waals surface area contributed by atoms with Crippen molar-refractivity contribution < 1.29 is 9.59 Å². The van der Waals surface area contributed by atoms with Crippen molar-refractivity contribution in [3.8, 4) is 0 Å². The average Bonchev–Trinajstić information content (AvgIpc) is 2.46. The van der Waals surface area contributed by atoms with Crippen LogP contribution in [0.25, 0.3) is 0 Å². The minimum Gasteiger partial charge on any atom is -0.370 e. The number of carbonyl (C=O) groups excluding carboxylic acids is 2. The van der Waals surface area contributed by atoms with Gasteiger partial charge in [-0.3, -0.25) is 9.59 Å². The summed E-state index contributed by atoms with van der Waals surface area (Å²) in [6.45, 7) is 8.09. The zero-order chi connectivity index (χ0) is 17.4. The Kier molecular flexibility index (Phi) is 7.57. The van der Waals surface area contributed by atoms with Gasteiger partial charge >= 0.3 is 0 Å². The van der Waals surface area contributed by atoms with Gasteiger partial charge in [-0.05, 0) is 25.7 Å². The molecule has 1 unspecified atom stereocenters. The molecule has 7 nitrogen and oxygen atoms in total. The Morgan fingerprint density at radius 2 is 2.13 bits per heavy atom. The molecule has 1 fully saturated rings. The summed E-state index contributed by atoms with van der Waals surface area (Å²) < 4.78 is 0. The minimum atomic E-state index is -0.270. The van der Waals surface area contributed by atoms with E-state index in [1.807, 2.05) is 6.92 Å². The molecule has 130 valence electrons. The molecule has 1 aliphatic rings. The molecule has 1 aliphatic heterocycles. The number of primary amides is 1. The number of piperidine rings is 1. The zero-order valence-electron chi connectivity index (χ0n) is 14.5. The predicted octanol–water partition coefficient (Wildman–Crippen LogP) is 0.184. The summed E-state index contributed by atoms with van der Waals surface area (Å²) in [6, 6.07) is 0. The first-order chi connectivity index (χ1) is 10.8. The number of hydrogen-bond acceptors (Lipinski definition) is 3. The molecular formula is C16H29N5O2. The van der Waals surface area contributed by atoms with Gasteiger partial charge in [-0.1, -0.05) is 12.2 Å². The highest BCUT2D eigenvalue weighted by molar-refractivity contribution is 5.85. The maximum atomic E-state index is 11.8. The standard InChI is InChI=1S/C16H29N5O2/c1-12(2)9-18-16(19-10-15(23)20(3)4)21-7-5-6-13(11-21)8-14(17)22/h13H,1,5-11H2,2-4H3,(H2,17,22)(H,18,19). The van der Waals surface area contributed by atoms with Gasteiger partial charge in [0.25, 0.3) is 0 Å². The van der Waals surface area contributed by atoms with E-state index in [0.29, 0.717) is 18.9 Å². The second kappa shape index (κ2) is 9.17. The van der Waals surface area contributed by atoms with Crippen molar-refractivity contribution in [1.29, 1.82) is 0 Å². The molecule has 0 saturated carbocycles. The van der Waals surface area contributed by atoms with Crippen LogP contribution in [-0.4, -0.2) is 67.8 Å². The molecular weight excluding hydrogens is 294 g/mol. The number of nitrogens with two attached hydrogens (primary N) is 1. The fourth-order valence-corrected chi connectivity index (χ4v) is 2.49. The summed E-state index contributed by atoms with van der Waals surface area (Å²) in [6.07, 6.45) is 2.36. The highest BCUT2D eigenvalue weighted by atomic mass is 16.2. The van der Waals surface area contributed by atoms with E-state index in [2.05, 4.69) is 21.8 Å². The lowest BCUT2D eigenvalue weighted by Gasteiger charge is -2.34. The van der Waals surface area contributed by atoms with Crippen LogP contribution in [0.2, 0.25) is 0 Å². The lowest BCUT2D eigenvalue weighted by atomic mass is 9.95. The number of likely N-dealkylation sites (N-methyl/N-ethyl adjacent to an activating group) is 1. The third-order valence-corrected chi connectivity index (χ3v) is 3.72. The molecule has 0 aromatic carbocycles. The molecule has 0 radical (unpaired) electrons. The highest BCUT2D eigenvalue weighted by Crippen LogP contribution is 2.19.